The zero-order valence-electron chi connectivity index (χ0n) is 12.1. The number of methoxy groups -OCH3 is 1. The number of hydrogen-bond acceptors (Lipinski definition) is 6. The van der Waals surface area contributed by atoms with Crippen molar-refractivity contribution in [1.82, 2.24) is 9.97 Å². The van der Waals surface area contributed by atoms with Gasteiger partial charge in [-0.25, -0.2) is 4.98 Å². The topological polar surface area (TPSA) is 90.2 Å². The van der Waals surface area contributed by atoms with Crippen LogP contribution in [0.25, 0.3) is 0 Å². The zero-order valence-corrected chi connectivity index (χ0v) is 12.1. The smallest absolute Gasteiger partial charge is 0.372 e. The minimum atomic E-state index is -0.546. The number of ether oxygens (including phenoxy) is 1. The molecule has 2 aromatic rings. The maximum atomic E-state index is 11.2. The average molecular weight is 288 g/mol. The molecule has 1 heterocycles. The summed E-state index contributed by atoms with van der Waals surface area (Å²) in [5.74, 6) is 0.521. The first-order valence-corrected chi connectivity index (χ1v) is 6.37. The molecular formula is C14H16N4O3. The fourth-order valence-electron chi connectivity index (χ4n) is 1.86. The van der Waals surface area contributed by atoms with E-state index in [0.717, 1.165) is 11.1 Å². The summed E-state index contributed by atoms with van der Waals surface area (Å²) in [5, 5.41) is 14.1. The Bertz CT molecular complexity index is 656. The molecule has 0 atom stereocenters. The second kappa shape index (κ2) is 6.17. The Balaban J connectivity index is 2.28. The van der Waals surface area contributed by atoms with Gasteiger partial charge < -0.3 is 10.1 Å². The second-order valence-electron chi connectivity index (χ2n) is 4.57. The Kier molecular flexibility index (Phi) is 4.32. The van der Waals surface area contributed by atoms with Gasteiger partial charge >= 0.3 is 5.69 Å². The van der Waals surface area contributed by atoms with Crippen molar-refractivity contribution in [2.75, 3.05) is 12.4 Å². The molecule has 0 bridgehead atoms. The predicted molar refractivity (Wildman–Crippen MR) is 78.5 cm³/mol. The zero-order chi connectivity index (χ0) is 15.4. The number of nitro groups is 1. The quantitative estimate of drug-likeness (QED) is 0.672. The van der Waals surface area contributed by atoms with Gasteiger partial charge in [0.1, 0.15) is 5.82 Å². The number of aryl methyl sites for hydroxylation is 2. The van der Waals surface area contributed by atoms with E-state index in [1.807, 2.05) is 31.2 Å². The fourth-order valence-corrected chi connectivity index (χ4v) is 1.86. The largest absolute Gasteiger partial charge is 0.476 e. The molecule has 0 saturated carbocycles. The molecule has 0 aliphatic carbocycles. The molecule has 21 heavy (non-hydrogen) atoms. The summed E-state index contributed by atoms with van der Waals surface area (Å²) in [6.07, 6.45) is 0. The molecule has 7 heteroatoms. The van der Waals surface area contributed by atoms with Gasteiger partial charge in [0.2, 0.25) is 5.82 Å². The van der Waals surface area contributed by atoms with E-state index < -0.39 is 4.92 Å². The minimum absolute atomic E-state index is 0.0427. The molecule has 0 radical (unpaired) electrons. The molecule has 1 N–H and O–H groups in total. The molecule has 0 aliphatic heterocycles. The molecule has 0 unspecified atom stereocenters. The average Bonchev–Trinajstić information content (AvgIpc) is 2.45. The summed E-state index contributed by atoms with van der Waals surface area (Å²) < 4.78 is 4.96. The highest BCUT2D eigenvalue weighted by atomic mass is 16.6. The number of anilines is 1. The van der Waals surface area contributed by atoms with Crippen LogP contribution in [0.1, 0.15) is 17.0 Å². The van der Waals surface area contributed by atoms with Gasteiger partial charge in [-0.15, -0.1) is 0 Å². The Morgan fingerprint density at radius 3 is 2.48 bits per heavy atom. The SMILES string of the molecule is COc1nc(C)nc(NCc2ccc(C)cc2)c1[N+](=O)[O-]. The van der Waals surface area contributed by atoms with Crippen molar-refractivity contribution < 1.29 is 9.66 Å². The van der Waals surface area contributed by atoms with Crippen LogP contribution in [0, 0.1) is 24.0 Å². The summed E-state index contributed by atoms with van der Waals surface area (Å²) in [6.45, 7) is 4.09. The summed E-state index contributed by atoms with van der Waals surface area (Å²) in [5.41, 5.74) is 1.91. The van der Waals surface area contributed by atoms with E-state index in [1.165, 1.54) is 7.11 Å². The summed E-state index contributed by atoms with van der Waals surface area (Å²) in [4.78, 5) is 18.6. The van der Waals surface area contributed by atoms with Crippen molar-refractivity contribution in [2.24, 2.45) is 0 Å². The molecule has 0 aliphatic rings. The Hall–Kier alpha value is -2.70. The van der Waals surface area contributed by atoms with Gasteiger partial charge in [-0.1, -0.05) is 29.8 Å². The number of hydrogen-bond donors (Lipinski definition) is 1. The fraction of sp³-hybridized carbons (Fsp3) is 0.286. The van der Waals surface area contributed by atoms with Crippen LogP contribution in [0.4, 0.5) is 11.5 Å². The van der Waals surface area contributed by atoms with Crippen LogP contribution in [0.5, 0.6) is 5.88 Å². The molecule has 0 spiro atoms. The van der Waals surface area contributed by atoms with Gasteiger partial charge in [-0.05, 0) is 19.4 Å². The Morgan fingerprint density at radius 1 is 1.24 bits per heavy atom. The normalized spacial score (nSPS) is 10.2. The van der Waals surface area contributed by atoms with Crippen molar-refractivity contribution in [3.05, 3.63) is 51.3 Å². The minimum Gasteiger partial charge on any atom is -0.476 e. The van der Waals surface area contributed by atoms with E-state index in [-0.39, 0.29) is 17.4 Å². The number of rotatable bonds is 5. The van der Waals surface area contributed by atoms with Crippen LogP contribution in [0.3, 0.4) is 0 Å². The van der Waals surface area contributed by atoms with Crippen LogP contribution in [0.2, 0.25) is 0 Å². The maximum absolute atomic E-state index is 11.2. The molecule has 1 aromatic heterocycles. The molecule has 0 amide bonds. The number of nitrogens with one attached hydrogen (secondary N) is 1. The van der Waals surface area contributed by atoms with Crippen molar-refractivity contribution >= 4 is 11.5 Å². The van der Waals surface area contributed by atoms with E-state index in [9.17, 15) is 10.1 Å². The van der Waals surface area contributed by atoms with Crippen molar-refractivity contribution in [3.8, 4) is 5.88 Å². The standard InChI is InChI=1S/C14H16N4O3/c1-9-4-6-11(7-5-9)8-15-13-12(18(19)20)14(21-3)17-10(2)16-13/h4-7H,8H2,1-3H3,(H,15,16,17). The monoisotopic (exact) mass is 288 g/mol. The van der Waals surface area contributed by atoms with Gasteiger partial charge in [-0.2, -0.15) is 4.98 Å². The van der Waals surface area contributed by atoms with Crippen LogP contribution in [-0.4, -0.2) is 22.0 Å². The van der Waals surface area contributed by atoms with E-state index in [1.54, 1.807) is 6.92 Å². The lowest BCUT2D eigenvalue weighted by molar-refractivity contribution is -0.385. The maximum Gasteiger partial charge on any atom is 0.372 e. The van der Waals surface area contributed by atoms with Gasteiger partial charge in [0, 0.05) is 6.54 Å². The van der Waals surface area contributed by atoms with Crippen molar-refractivity contribution in [1.29, 1.82) is 0 Å². The lowest BCUT2D eigenvalue weighted by Crippen LogP contribution is -2.08. The lowest BCUT2D eigenvalue weighted by atomic mass is 10.1. The summed E-state index contributed by atoms with van der Waals surface area (Å²) >= 11 is 0. The third-order valence-corrected chi connectivity index (χ3v) is 2.92. The van der Waals surface area contributed by atoms with Crippen LogP contribution in [0.15, 0.2) is 24.3 Å². The highest BCUT2D eigenvalue weighted by Gasteiger charge is 2.24. The third kappa shape index (κ3) is 3.44. The molecule has 7 nitrogen and oxygen atoms in total. The number of aromatic nitrogens is 2. The van der Waals surface area contributed by atoms with Crippen LogP contribution >= 0.6 is 0 Å². The molecule has 110 valence electrons. The first-order chi connectivity index (χ1) is 10.0. The van der Waals surface area contributed by atoms with Crippen LogP contribution in [-0.2, 0) is 6.54 Å². The molecule has 1 aromatic carbocycles. The summed E-state index contributed by atoms with van der Waals surface area (Å²) in [6, 6.07) is 7.88. The number of benzene rings is 1. The van der Waals surface area contributed by atoms with Gasteiger partial charge in [0.25, 0.3) is 5.88 Å². The first kappa shape index (κ1) is 14.7. The molecule has 2 rings (SSSR count). The van der Waals surface area contributed by atoms with E-state index in [2.05, 4.69) is 15.3 Å². The Labute approximate surface area is 122 Å². The van der Waals surface area contributed by atoms with Crippen molar-refractivity contribution in [3.63, 3.8) is 0 Å². The highest BCUT2D eigenvalue weighted by Crippen LogP contribution is 2.31. The first-order valence-electron chi connectivity index (χ1n) is 6.37. The Morgan fingerprint density at radius 2 is 1.90 bits per heavy atom. The van der Waals surface area contributed by atoms with E-state index in [0.29, 0.717) is 12.4 Å². The van der Waals surface area contributed by atoms with Crippen molar-refractivity contribution in [2.45, 2.75) is 20.4 Å². The van der Waals surface area contributed by atoms with Gasteiger partial charge in [-0.3, -0.25) is 10.1 Å². The predicted octanol–water partition coefficient (Wildman–Crippen LogP) is 2.62. The number of nitrogens with zero attached hydrogens (tertiary/aromatic N) is 3. The van der Waals surface area contributed by atoms with Crippen LogP contribution < -0.4 is 10.1 Å². The molecular weight excluding hydrogens is 272 g/mol. The van der Waals surface area contributed by atoms with Gasteiger partial charge in [0.15, 0.2) is 0 Å². The second-order valence-corrected chi connectivity index (χ2v) is 4.57. The third-order valence-electron chi connectivity index (χ3n) is 2.92. The van der Waals surface area contributed by atoms with E-state index in [4.69, 9.17) is 4.74 Å². The molecule has 0 fully saturated rings. The lowest BCUT2D eigenvalue weighted by Gasteiger charge is -2.09. The highest BCUT2D eigenvalue weighted by molar-refractivity contribution is 5.61. The molecule has 0 saturated heterocycles. The van der Waals surface area contributed by atoms with E-state index >= 15 is 0 Å². The van der Waals surface area contributed by atoms with Gasteiger partial charge in [0.05, 0.1) is 12.0 Å². The summed E-state index contributed by atoms with van der Waals surface area (Å²) in [7, 11) is 1.35.